The number of alkyl carbamates (subject to hydrolysis) is 1. The van der Waals surface area contributed by atoms with Gasteiger partial charge in [-0.15, -0.1) is 5.10 Å². The highest BCUT2D eigenvalue weighted by molar-refractivity contribution is 5.96. The first-order valence-electron chi connectivity index (χ1n) is 25.0. The Morgan fingerprint density at radius 1 is 0.569 bits per heavy atom. The van der Waals surface area contributed by atoms with Crippen LogP contribution in [0, 0.1) is 0 Å². The van der Waals surface area contributed by atoms with Gasteiger partial charge in [-0.1, -0.05) is 111 Å². The summed E-state index contributed by atoms with van der Waals surface area (Å²) >= 11 is 0. The lowest BCUT2D eigenvalue weighted by Gasteiger charge is -2.24. The van der Waals surface area contributed by atoms with Gasteiger partial charge in [0.05, 0.1) is 32.0 Å². The van der Waals surface area contributed by atoms with E-state index in [1.807, 2.05) is 97.1 Å². The van der Waals surface area contributed by atoms with Gasteiger partial charge in [0.25, 0.3) is 0 Å². The van der Waals surface area contributed by atoms with E-state index in [1.165, 1.54) is 0 Å². The molecule has 0 radical (unpaired) electrons. The molecule has 0 aliphatic heterocycles. The van der Waals surface area contributed by atoms with Gasteiger partial charge in [0.1, 0.15) is 46.7 Å². The van der Waals surface area contributed by atoms with E-state index in [-0.39, 0.29) is 6.61 Å². The zero-order valence-electron chi connectivity index (χ0n) is 41.8. The number of nitrogens with zero attached hydrogens (tertiary/aromatic N) is 3. The Hall–Kier alpha value is -7.87. The summed E-state index contributed by atoms with van der Waals surface area (Å²) in [5.41, 5.74) is 9.64. The minimum atomic E-state index is -0.925. The summed E-state index contributed by atoms with van der Waals surface area (Å²) in [7, 11) is 0. The smallest absolute Gasteiger partial charge is 0.408 e. The predicted molar refractivity (Wildman–Crippen MR) is 276 cm³/mol. The number of carbonyl (C=O) groups excluding carboxylic acids is 3. The Balaban J connectivity index is 1.25. The third kappa shape index (κ3) is 12.3. The van der Waals surface area contributed by atoms with Gasteiger partial charge in [-0.2, -0.15) is 0 Å². The van der Waals surface area contributed by atoms with Crippen molar-refractivity contribution < 1.29 is 42.9 Å². The van der Waals surface area contributed by atoms with Crippen molar-refractivity contribution in [2.75, 3.05) is 31.7 Å². The molecule has 1 aromatic heterocycles. The van der Waals surface area contributed by atoms with Crippen LogP contribution in [-0.2, 0) is 41.8 Å². The van der Waals surface area contributed by atoms with Crippen LogP contribution in [0.4, 0.5) is 10.5 Å². The second-order valence-corrected chi connectivity index (χ2v) is 17.9. The highest BCUT2D eigenvalue weighted by Crippen LogP contribution is 2.41. The third-order valence-electron chi connectivity index (χ3n) is 12.1. The molecule has 14 nitrogen and oxygen atoms in total. The molecule has 6 aromatic carbocycles. The Kier molecular flexibility index (Phi) is 17.1. The molecular formula is C58H63N5O9. The molecule has 0 saturated heterocycles. The van der Waals surface area contributed by atoms with Crippen LogP contribution < -0.4 is 34.4 Å². The van der Waals surface area contributed by atoms with Crippen LogP contribution in [0.2, 0.25) is 0 Å². The van der Waals surface area contributed by atoms with Crippen molar-refractivity contribution in [3.8, 4) is 23.0 Å². The van der Waals surface area contributed by atoms with Crippen molar-refractivity contribution in [2.45, 2.75) is 98.6 Å². The molecule has 1 aliphatic rings. The highest BCUT2D eigenvalue weighted by atomic mass is 16.7. The number of amides is 2. The first kappa shape index (κ1) is 50.5. The van der Waals surface area contributed by atoms with Crippen molar-refractivity contribution in [1.82, 2.24) is 20.5 Å². The number of benzene rings is 6. The monoisotopic (exact) mass is 973 g/mol. The summed E-state index contributed by atoms with van der Waals surface area (Å²) in [4.78, 5) is 48.2. The third-order valence-corrected chi connectivity index (χ3v) is 12.1. The highest BCUT2D eigenvalue weighted by Gasteiger charge is 2.26. The van der Waals surface area contributed by atoms with E-state index in [1.54, 1.807) is 13.0 Å². The van der Waals surface area contributed by atoms with Crippen LogP contribution in [0.1, 0.15) is 121 Å². The fraction of sp³-hybridized carbons (Fsp3) is 0.328. The summed E-state index contributed by atoms with van der Waals surface area (Å²) < 4.78 is 32.3. The Morgan fingerprint density at radius 3 is 1.53 bits per heavy atom. The van der Waals surface area contributed by atoms with Crippen LogP contribution >= 0.6 is 0 Å². The van der Waals surface area contributed by atoms with E-state index in [0.29, 0.717) is 97.4 Å². The molecule has 0 saturated carbocycles. The molecule has 14 heteroatoms. The lowest BCUT2D eigenvalue weighted by molar-refractivity contribution is -0.117. The molecule has 0 unspecified atom stereocenters. The standard InChI is InChI=1S/C58H63N5O9/c1-6-25-67-52-40-19-15-21-42(52)31-46-35-49(60-56(64)38(5)59-58(66)71-37-39-17-11-10-12-18-39)36-47(55(46)70-28-9-4)32-43-22-16-20-41(53(43)68-26-7-2)30-45-34-48(33-44(29-40)54(45)69-27-8-3)57(65)72-63-51-24-14-13-23-50(51)61-62-63/h10-24,33-36,38H,6-9,25-32,37H2,1-5H3,(H,59,66)(H,60,64)/t38-/m0/s1. The molecule has 1 aliphatic carbocycles. The molecule has 2 N–H and O–H groups in total. The number of rotatable bonds is 19. The number of ether oxygens (including phenoxy) is 5. The first-order valence-corrected chi connectivity index (χ1v) is 25.0. The maximum atomic E-state index is 14.3. The van der Waals surface area contributed by atoms with Crippen molar-refractivity contribution in [3.05, 3.63) is 171 Å². The Labute approximate surface area is 420 Å². The van der Waals surface area contributed by atoms with Gasteiger partial charge >= 0.3 is 12.1 Å². The molecule has 1 atom stereocenters. The average Bonchev–Trinajstić information content (AvgIpc) is 3.79. The summed E-state index contributed by atoms with van der Waals surface area (Å²) in [6.45, 7) is 11.8. The fourth-order valence-electron chi connectivity index (χ4n) is 8.74. The number of hydrogen-bond acceptors (Lipinski definition) is 11. The van der Waals surface area contributed by atoms with Gasteiger partial charge in [-0.3, -0.25) is 4.79 Å². The maximum Gasteiger partial charge on any atom is 0.408 e. The first-order chi connectivity index (χ1) is 35.2. The van der Waals surface area contributed by atoms with Crippen molar-refractivity contribution in [2.24, 2.45) is 0 Å². The SMILES string of the molecule is CCCOc1c2cccc1Cc1cc(C(=O)On3nnc4ccccc43)cc(c1OCCC)Cc1cccc(c1OCCC)Cc1cc(NC(=O)[C@H](C)NC(=O)OCc3ccccc3)cc(c1OCCC)C2. The van der Waals surface area contributed by atoms with E-state index in [9.17, 15) is 14.4 Å². The molecule has 7 aromatic rings. The molecular weight excluding hydrogens is 911 g/mol. The Morgan fingerprint density at radius 2 is 1.03 bits per heavy atom. The lowest BCUT2D eigenvalue weighted by Crippen LogP contribution is -2.41. The van der Waals surface area contributed by atoms with Crippen molar-refractivity contribution in [1.29, 1.82) is 0 Å². The van der Waals surface area contributed by atoms with Gasteiger partial charge in [0, 0.05) is 42.5 Å². The minimum absolute atomic E-state index is 0.0708. The summed E-state index contributed by atoms with van der Waals surface area (Å²) in [6.07, 6.45) is 3.83. The van der Waals surface area contributed by atoms with Crippen LogP contribution in [0.15, 0.2) is 115 Å². The van der Waals surface area contributed by atoms with Crippen molar-refractivity contribution >= 4 is 34.7 Å². The van der Waals surface area contributed by atoms with E-state index in [4.69, 9.17) is 28.5 Å². The quantitative estimate of drug-likeness (QED) is 0.0742. The van der Waals surface area contributed by atoms with Crippen molar-refractivity contribution in [3.63, 3.8) is 0 Å². The van der Waals surface area contributed by atoms with Crippen LogP contribution in [0.25, 0.3) is 11.0 Å². The lowest BCUT2D eigenvalue weighted by atomic mass is 9.90. The molecule has 0 fully saturated rings. The summed E-state index contributed by atoms with van der Waals surface area (Å²) in [5, 5.41) is 14.1. The van der Waals surface area contributed by atoms with Gasteiger partial charge in [0.2, 0.25) is 5.91 Å². The van der Waals surface area contributed by atoms with Gasteiger partial charge in [-0.25, -0.2) is 9.59 Å². The summed E-state index contributed by atoms with van der Waals surface area (Å²) in [6, 6.07) is 35.5. The maximum absolute atomic E-state index is 14.3. The second-order valence-electron chi connectivity index (χ2n) is 17.9. The number of para-hydroxylation sites is 3. The zero-order chi connectivity index (χ0) is 50.4. The zero-order valence-corrected chi connectivity index (χ0v) is 41.8. The summed E-state index contributed by atoms with van der Waals surface area (Å²) in [5.74, 6) is 1.78. The predicted octanol–water partition coefficient (Wildman–Crippen LogP) is 10.8. The second kappa shape index (κ2) is 24.3. The van der Waals surface area contributed by atoms with Gasteiger partial charge in [-0.05, 0) is 113 Å². The number of carbonyl (C=O) groups is 3. The molecule has 72 heavy (non-hydrogen) atoms. The Bertz CT molecular complexity index is 2900. The van der Waals surface area contributed by atoms with E-state index >= 15 is 0 Å². The van der Waals surface area contributed by atoms with Crippen LogP contribution in [0.5, 0.6) is 23.0 Å². The molecule has 8 rings (SSSR count). The number of fused-ring (bicyclic) bond motifs is 9. The van der Waals surface area contributed by atoms with Gasteiger partial charge in [0.15, 0.2) is 0 Å². The topological polar surface area (TPSA) is 161 Å². The molecule has 374 valence electrons. The number of aromatic nitrogens is 3. The number of anilines is 1. The van der Waals surface area contributed by atoms with E-state index in [0.717, 1.165) is 80.6 Å². The van der Waals surface area contributed by atoms with Gasteiger partial charge < -0.3 is 39.2 Å². The molecule has 1 heterocycles. The van der Waals surface area contributed by atoms with Crippen LogP contribution in [-0.4, -0.2) is 65.6 Å². The largest absolute Gasteiger partial charge is 0.493 e. The normalized spacial score (nSPS) is 12.3. The average molecular weight is 974 g/mol. The molecule has 0 spiro atoms. The minimum Gasteiger partial charge on any atom is -0.493 e. The molecule has 8 bridgehead atoms. The molecule has 2 amide bonds. The number of nitrogens with one attached hydrogen (secondary N) is 2. The van der Waals surface area contributed by atoms with E-state index < -0.39 is 24.0 Å². The number of hydrogen-bond donors (Lipinski definition) is 2. The van der Waals surface area contributed by atoms with Crippen LogP contribution in [0.3, 0.4) is 0 Å². The van der Waals surface area contributed by atoms with E-state index in [2.05, 4.69) is 60.8 Å². The fourth-order valence-corrected chi connectivity index (χ4v) is 8.74.